The second-order valence-electron chi connectivity index (χ2n) is 5.79. The highest BCUT2D eigenvalue weighted by Crippen LogP contribution is 2.28. The first kappa shape index (κ1) is 16.5. The summed E-state index contributed by atoms with van der Waals surface area (Å²) in [6, 6.07) is 4.46. The van der Waals surface area contributed by atoms with Crippen molar-refractivity contribution in [3.63, 3.8) is 0 Å². The molecule has 0 saturated heterocycles. The second kappa shape index (κ2) is 6.61. The Labute approximate surface area is 142 Å². The third kappa shape index (κ3) is 3.12. The fourth-order valence-corrected chi connectivity index (χ4v) is 3.48. The predicted molar refractivity (Wildman–Crippen MR) is 87.9 cm³/mol. The first-order valence-electron chi connectivity index (χ1n) is 7.75. The molecule has 0 N–H and O–H groups in total. The van der Waals surface area contributed by atoms with Crippen molar-refractivity contribution in [2.45, 2.75) is 45.9 Å². The Hall–Kier alpha value is -2.40. The van der Waals surface area contributed by atoms with Crippen molar-refractivity contribution in [1.29, 1.82) is 5.26 Å². The Morgan fingerprint density at radius 3 is 2.71 bits per heavy atom. The fourth-order valence-electron chi connectivity index (χ4n) is 2.59. The van der Waals surface area contributed by atoms with Gasteiger partial charge in [0.1, 0.15) is 17.5 Å². The minimum absolute atomic E-state index is 0.0624. The van der Waals surface area contributed by atoms with E-state index in [0.29, 0.717) is 17.9 Å². The molecule has 0 amide bonds. The lowest BCUT2D eigenvalue weighted by Gasteiger charge is -2.16. The highest BCUT2D eigenvalue weighted by Gasteiger charge is 2.15. The SMILES string of the molecule is CC(C)Oc1cc(/N=c2/sc(=O)n3n2CCCC3)c(F)cc1C#N. The van der Waals surface area contributed by atoms with E-state index in [-0.39, 0.29) is 28.0 Å². The molecule has 2 aromatic rings. The molecule has 0 bridgehead atoms. The quantitative estimate of drug-likeness (QED) is 0.856. The maximum Gasteiger partial charge on any atom is 0.325 e. The molecule has 126 valence electrons. The lowest BCUT2D eigenvalue weighted by atomic mass is 10.2. The van der Waals surface area contributed by atoms with Gasteiger partial charge in [-0.15, -0.1) is 0 Å². The molecule has 0 aliphatic carbocycles. The Kier molecular flexibility index (Phi) is 4.53. The summed E-state index contributed by atoms with van der Waals surface area (Å²) in [6.45, 7) is 4.99. The summed E-state index contributed by atoms with van der Waals surface area (Å²) in [5.74, 6) is -0.322. The number of hydrogen-bond donors (Lipinski definition) is 0. The maximum absolute atomic E-state index is 14.3. The molecule has 0 radical (unpaired) electrons. The van der Waals surface area contributed by atoms with Gasteiger partial charge >= 0.3 is 4.87 Å². The molecule has 1 aliphatic heterocycles. The van der Waals surface area contributed by atoms with Gasteiger partial charge in [0.2, 0.25) is 4.80 Å². The van der Waals surface area contributed by atoms with Crippen molar-refractivity contribution in [3.05, 3.63) is 38.0 Å². The van der Waals surface area contributed by atoms with Crippen LogP contribution in [0.2, 0.25) is 0 Å². The topological polar surface area (TPSA) is 72.3 Å². The largest absolute Gasteiger partial charge is 0.490 e. The first-order valence-corrected chi connectivity index (χ1v) is 8.57. The second-order valence-corrected chi connectivity index (χ2v) is 6.71. The monoisotopic (exact) mass is 348 g/mol. The molecule has 6 nitrogen and oxygen atoms in total. The van der Waals surface area contributed by atoms with E-state index in [0.717, 1.165) is 30.2 Å². The van der Waals surface area contributed by atoms with Crippen molar-refractivity contribution in [1.82, 2.24) is 9.36 Å². The minimum Gasteiger partial charge on any atom is -0.490 e. The number of aromatic nitrogens is 2. The Morgan fingerprint density at radius 2 is 2.04 bits per heavy atom. The molecule has 8 heteroatoms. The van der Waals surface area contributed by atoms with E-state index in [4.69, 9.17) is 10.00 Å². The van der Waals surface area contributed by atoms with Crippen LogP contribution < -0.4 is 14.4 Å². The van der Waals surface area contributed by atoms with Gasteiger partial charge in [0, 0.05) is 19.2 Å². The number of nitriles is 1. The van der Waals surface area contributed by atoms with E-state index in [1.54, 1.807) is 9.36 Å². The number of fused-ring (bicyclic) bond motifs is 1. The Bertz CT molecular complexity index is 933. The molecule has 1 aliphatic rings. The summed E-state index contributed by atoms with van der Waals surface area (Å²) in [5.41, 5.74) is 0.187. The van der Waals surface area contributed by atoms with Crippen LogP contribution >= 0.6 is 11.3 Å². The average molecular weight is 348 g/mol. The van der Waals surface area contributed by atoms with Crippen LogP contribution in [-0.2, 0) is 13.1 Å². The number of hydrogen-bond acceptors (Lipinski definition) is 5. The average Bonchev–Trinajstić information content (AvgIpc) is 2.86. The molecule has 2 heterocycles. The van der Waals surface area contributed by atoms with Crippen molar-refractivity contribution in [3.8, 4) is 11.8 Å². The number of nitrogens with zero attached hydrogens (tertiary/aromatic N) is 4. The zero-order valence-corrected chi connectivity index (χ0v) is 14.3. The van der Waals surface area contributed by atoms with Gasteiger partial charge < -0.3 is 4.74 Å². The van der Waals surface area contributed by atoms with Crippen molar-refractivity contribution in [2.75, 3.05) is 0 Å². The van der Waals surface area contributed by atoms with E-state index >= 15 is 0 Å². The van der Waals surface area contributed by atoms with E-state index in [2.05, 4.69) is 4.99 Å². The van der Waals surface area contributed by atoms with Crippen molar-refractivity contribution >= 4 is 17.0 Å². The number of benzene rings is 1. The molecular weight excluding hydrogens is 331 g/mol. The summed E-state index contributed by atoms with van der Waals surface area (Å²) >= 11 is 0.995. The summed E-state index contributed by atoms with van der Waals surface area (Å²) in [6.07, 6.45) is 1.76. The van der Waals surface area contributed by atoms with Gasteiger partial charge in [-0.05, 0) is 44.1 Å². The Morgan fingerprint density at radius 1 is 1.33 bits per heavy atom. The molecular formula is C16H17FN4O2S. The van der Waals surface area contributed by atoms with Crippen LogP contribution in [0.15, 0.2) is 21.9 Å². The molecule has 0 saturated carbocycles. The molecule has 24 heavy (non-hydrogen) atoms. The van der Waals surface area contributed by atoms with Crippen LogP contribution in [0.4, 0.5) is 10.1 Å². The number of rotatable bonds is 3. The van der Waals surface area contributed by atoms with Gasteiger partial charge in [-0.1, -0.05) is 0 Å². The van der Waals surface area contributed by atoms with Gasteiger partial charge in [-0.2, -0.15) is 5.26 Å². The normalized spacial score (nSPS) is 14.5. The van der Waals surface area contributed by atoms with Gasteiger partial charge in [-0.25, -0.2) is 14.1 Å². The number of ether oxygens (including phenoxy) is 1. The first-order chi connectivity index (χ1) is 11.5. The third-order valence-corrected chi connectivity index (χ3v) is 4.51. The van der Waals surface area contributed by atoms with Gasteiger partial charge in [0.15, 0.2) is 5.82 Å². The maximum atomic E-state index is 14.3. The molecule has 3 rings (SSSR count). The predicted octanol–water partition coefficient (Wildman–Crippen LogP) is 2.54. The summed E-state index contributed by atoms with van der Waals surface area (Å²) in [5, 5.41) is 9.12. The zero-order chi connectivity index (χ0) is 17.3. The summed E-state index contributed by atoms with van der Waals surface area (Å²) < 4.78 is 23.3. The molecule has 0 spiro atoms. The highest BCUT2D eigenvalue weighted by molar-refractivity contribution is 7.06. The van der Waals surface area contributed by atoms with Crippen molar-refractivity contribution in [2.24, 2.45) is 4.99 Å². The van der Waals surface area contributed by atoms with Crippen LogP contribution in [0.3, 0.4) is 0 Å². The molecule has 0 fully saturated rings. The third-order valence-electron chi connectivity index (χ3n) is 3.64. The lowest BCUT2D eigenvalue weighted by Crippen LogP contribution is -2.31. The highest BCUT2D eigenvalue weighted by atomic mass is 32.1. The minimum atomic E-state index is -0.612. The Balaban J connectivity index is 2.14. The summed E-state index contributed by atoms with van der Waals surface area (Å²) in [7, 11) is 0. The number of halogens is 1. The molecule has 1 aromatic heterocycles. The van der Waals surface area contributed by atoms with E-state index in [9.17, 15) is 9.18 Å². The molecule has 0 unspecified atom stereocenters. The zero-order valence-electron chi connectivity index (χ0n) is 13.5. The molecule has 1 aromatic carbocycles. The lowest BCUT2D eigenvalue weighted by molar-refractivity contribution is 0.241. The summed E-state index contributed by atoms with van der Waals surface area (Å²) in [4.78, 5) is 16.7. The van der Waals surface area contributed by atoms with E-state index in [1.807, 2.05) is 19.9 Å². The van der Waals surface area contributed by atoms with Gasteiger partial charge in [0.05, 0.1) is 11.7 Å². The van der Waals surface area contributed by atoms with Crippen molar-refractivity contribution < 1.29 is 9.13 Å². The van der Waals surface area contributed by atoms with Crippen LogP contribution in [0.5, 0.6) is 5.75 Å². The molecule has 0 atom stereocenters. The standard InChI is InChI=1S/C16H17FN4O2S/c1-10(2)23-14-8-13(12(17)7-11(14)9-18)19-15-20-5-3-4-6-21(20)16(22)24-15/h7-8,10H,3-6H2,1-2H3/b19-15+. The van der Waals surface area contributed by atoms with Gasteiger partial charge in [-0.3, -0.25) is 9.48 Å². The van der Waals surface area contributed by atoms with Crippen LogP contribution in [0, 0.1) is 17.1 Å². The smallest absolute Gasteiger partial charge is 0.325 e. The van der Waals surface area contributed by atoms with E-state index in [1.165, 1.54) is 6.07 Å². The van der Waals surface area contributed by atoms with Crippen LogP contribution in [0.25, 0.3) is 0 Å². The van der Waals surface area contributed by atoms with Gasteiger partial charge in [0.25, 0.3) is 0 Å². The van der Waals surface area contributed by atoms with Crippen LogP contribution in [-0.4, -0.2) is 15.5 Å². The van der Waals surface area contributed by atoms with E-state index < -0.39 is 5.82 Å². The van der Waals surface area contributed by atoms with Crippen LogP contribution in [0.1, 0.15) is 32.3 Å². The fraction of sp³-hybridized carbons (Fsp3) is 0.438.